The van der Waals surface area contributed by atoms with Gasteiger partial charge in [0.05, 0.1) is 0 Å². The molecular formula is C23H33Cl2N3O. The Morgan fingerprint density at radius 3 is 2.31 bits per heavy atom. The minimum Gasteiger partial charge on any atom is -0.399 e. The average Bonchev–Trinajstić information content (AvgIpc) is 2.68. The number of piperidine rings is 1. The molecule has 29 heavy (non-hydrogen) atoms. The molecule has 1 fully saturated rings. The molecule has 0 bridgehead atoms. The summed E-state index contributed by atoms with van der Waals surface area (Å²) >= 11 is 0. The van der Waals surface area contributed by atoms with Gasteiger partial charge in [0.25, 0.3) is 0 Å². The van der Waals surface area contributed by atoms with E-state index in [1.54, 1.807) is 0 Å². The van der Waals surface area contributed by atoms with E-state index in [-0.39, 0.29) is 30.7 Å². The molecule has 1 aliphatic heterocycles. The van der Waals surface area contributed by atoms with Gasteiger partial charge in [-0.1, -0.05) is 49.4 Å². The first-order valence-corrected chi connectivity index (χ1v) is 10.0. The lowest BCUT2D eigenvalue weighted by atomic mass is 9.99. The molecule has 0 aromatic heterocycles. The number of aryl methyl sites for hydroxylation is 1. The van der Waals surface area contributed by atoms with Crippen LogP contribution in [0.4, 0.5) is 5.69 Å². The van der Waals surface area contributed by atoms with Crippen molar-refractivity contribution in [1.82, 2.24) is 10.2 Å². The molecule has 160 valence electrons. The van der Waals surface area contributed by atoms with Gasteiger partial charge in [-0.25, -0.2) is 0 Å². The SMILES string of the molecule is CC1CCN(Cc2ccc(CNC(=O)CCc3ccccc3N)cc2)CC1.Cl.Cl. The minimum absolute atomic E-state index is 0. The van der Waals surface area contributed by atoms with Gasteiger partial charge >= 0.3 is 0 Å². The van der Waals surface area contributed by atoms with Crippen LogP contribution in [0.1, 0.15) is 42.9 Å². The predicted octanol–water partition coefficient (Wildman–Crippen LogP) is 4.59. The Bertz CT molecular complexity index is 744. The predicted molar refractivity (Wildman–Crippen MR) is 126 cm³/mol. The number of benzene rings is 2. The number of halogens is 2. The molecule has 1 saturated heterocycles. The lowest BCUT2D eigenvalue weighted by Gasteiger charge is -2.30. The Morgan fingerprint density at radius 2 is 1.66 bits per heavy atom. The zero-order valence-electron chi connectivity index (χ0n) is 17.1. The molecule has 1 heterocycles. The van der Waals surface area contributed by atoms with Gasteiger partial charge in [0.2, 0.25) is 5.91 Å². The number of carbonyl (C=O) groups is 1. The maximum Gasteiger partial charge on any atom is 0.220 e. The highest BCUT2D eigenvalue weighted by atomic mass is 35.5. The Labute approximate surface area is 187 Å². The third-order valence-electron chi connectivity index (χ3n) is 5.47. The zero-order valence-corrected chi connectivity index (χ0v) is 18.7. The largest absolute Gasteiger partial charge is 0.399 e. The second-order valence-corrected chi connectivity index (χ2v) is 7.75. The molecule has 0 radical (unpaired) electrons. The maximum atomic E-state index is 12.1. The summed E-state index contributed by atoms with van der Waals surface area (Å²) < 4.78 is 0. The first-order valence-electron chi connectivity index (χ1n) is 10.0. The Morgan fingerprint density at radius 1 is 1.03 bits per heavy atom. The van der Waals surface area contributed by atoms with Crippen LogP contribution in [0.15, 0.2) is 48.5 Å². The zero-order chi connectivity index (χ0) is 19.1. The molecule has 3 N–H and O–H groups in total. The van der Waals surface area contributed by atoms with E-state index in [2.05, 4.69) is 41.4 Å². The number of anilines is 1. The van der Waals surface area contributed by atoms with Gasteiger partial charge in [-0.3, -0.25) is 9.69 Å². The fraction of sp³-hybridized carbons (Fsp3) is 0.435. The number of para-hydroxylation sites is 1. The fourth-order valence-electron chi connectivity index (χ4n) is 3.54. The normalized spacial score (nSPS) is 14.5. The first-order chi connectivity index (χ1) is 13.1. The number of carbonyl (C=O) groups excluding carboxylic acids is 1. The van der Waals surface area contributed by atoms with Crippen molar-refractivity contribution in [1.29, 1.82) is 0 Å². The second kappa shape index (κ2) is 12.7. The number of nitrogen functional groups attached to an aromatic ring is 1. The molecule has 6 heteroatoms. The molecule has 2 aromatic carbocycles. The van der Waals surface area contributed by atoms with Gasteiger partial charge in [-0.05, 0) is 61.0 Å². The number of rotatable bonds is 7. The van der Waals surface area contributed by atoms with E-state index >= 15 is 0 Å². The van der Waals surface area contributed by atoms with Crippen molar-refractivity contribution in [3.8, 4) is 0 Å². The van der Waals surface area contributed by atoms with Crippen LogP contribution in [0.3, 0.4) is 0 Å². The summed E-state index contributed by atoms with van der Waals surface area (Å²) in [4.78, 5) is 14.6. The Hall–Kier alpha value is -1.75. The van der Waals surface area contributed by atoms with Gasteiger partial charge in [-0.2, -0.15) is 0 Å². The van der Waals surface area contributed by atoms with Crippen molar-refractivity contribution >= 4 is 36.4 Å². The van der Waals surface area contributed by atoms with Gasteiger partial charge < -0.3 is 11.1 Å². The molecule has 4 nitrogen and oxygen atoms in total. The van der Waals surface area contributed by atoms with E-state index in [1.807, 2.05) is 24.3 Å². The van der Waals surface area contributed by atoms with Crippen LogP contribution in [0.2, 0.25) is 0 Å². The number of hydrogen-bond donors (Lipinski definition) is 2. The first kappa shape index (κ1) is 25.3. The lowest BCUT2D eigenvalue weighted by Crippen LogP contribution is -2.32. The third-order valence-corrected chi connectivity index (χ3v) is 5.47. The molecular weight excluding hydrogens is 405 g/mol. The third kappa shape index (κ3) is 8.25. The van der Waals surface area contributed by atoms with Crippen molar-refractivity contribution < 1.29 is 4.79 Å². The van der Waals surface area contributed by atoms with Crippen LogP contribution >= 0.6 is 24.8 Å². The summed E-state index contributed by atoms with van der Waals surface area (Å²) in [6.45, 7) is 6.34. The average molecular weight is 438 g/mol. The molecule has 0 unspecified atom stereocenters. The number of nitrogens with two attached hydrogens (primary N) is 1. The number of amides is 1. The highest BCUT2D eigenvalue weighted by Gasteiger charge is 2.15. The monoisotopic (exact) mass is 437 g/mol. The molecule has 0 saturated carbocycles. The molecule has 2 aromatic rings. The maximum absolute atomic E-state index is 12.1. The number of nitrogens with zero attached hydrogens (tertiary/aromatic N) is 1. The summed E-state index contributed by atoms with van der Waals surface area (Å²) in [6, 6.07) is 16.3. The quantitative estimate of drug-likeness (QED) is 0.622. The summed E-state index contributed by atoms with van der Waals surface area (Å²) in [7, 11) is 0. The van der Waals surface area contributed by atoms with Crippen LogP contribution < -0.4 is 11.1 Å². The molecule has 1 aliphatic rings. The van der Waals surface area contributed by atoms with Gasteiger partial charge in [-0.15, -0.1) is 24.8 Å². The smallest absolute Gasteiger partial charge is 0.220 e. The number of likely N-dealkylation sites (tertiary alicyclic amines) is 1. The van der Waals surface area contributed by atoms with Crippen molar-refractivity contribution in [2.75, 3.05) is 18.8 Å². The van der Waals surface area contributed by atoms with E-state index < -0.39 is 0 Å². The fourth-order valence-corrected chi connectivity index (χ4v) is 3.54. The summed E-state index contributed by atoms with van der Waals surface area (Å²) in [5.41, 5.74) is 10.2. The van der Waals surface area contributed by atoms with E-state index in [4.69, 9.17) is 5.73 Å². The van der Waals surface area contributed by atoms with Crippen LogP contribution in [0, 0.1) is 5.92 Å². The van der Waals surface area contributed by atoms with Crippen molar-refractivity contribution in [3.63, 3.8) is 0 Å². The van der Waals surface area contributed by atoms with E-state index in [9.17, 15) is 4.79 Å². The van der Waals surface area contributed by atoms with Crippen molar-refractivity contribution in [2.45, 2.75) is 45.7 Å². The Kier molecular flexibility index (Phi) is 11.1. The topological polar surface area (TPSA) is 58.4 Å². The molecule has 1 amide bonds. The van der Waals surface area contributed by atoms with Gasteiger partial charge in [0.15, 0.2) is 0 Å². The summed E-state index contributed by atoms with van der Waals surface area (Å²) in [5.74, 6) is 0.926. The highest BCUT2D eigenvalue weighted by molar-refractivity contribution is 5.85. The van der Waals surface area contributed by atoms with Crippen LogP contribution in [0.25, 0.3) is 0 Å². The van der Waals surface area contributed by atoms with Crippen LogP contribution in [0.5, 0.6) is 0 Å². The lowest BCUT2D eigenvalue weighted by molar-refractivity contribution is -0.121. The van der Waals surface area contributed by atoms with Crippen LogP contribution in [-0.4, -0.2) is 23.9 Å². The number of hydrogen-bond acceptors (Lipinski definition) is 3. The van der Waals surface area contributed by atoms with Gasteiger partial charge in [0.1, 0.15) is 0 Å². The summed E-state index contributed by atoms with van der Waals surface area (Å²) in [6.07, 6.45) is 3.74. The highest BCUT2D eigenvalue weighted by Crippen LogP contribution is 2.18. The van der Waals surface area contributed by atoms with Crippen molar-refractivity contribution in [3.05, 3.63) is 65.2 Å². The van der Waals surface area contributed by atoms with E-state index in [0.29, 0.717) is 19.4 Å². The van der Waals surface area contributed by atoms with Crippen LogP contribution in [-0.2, 0) is 24.3 Å². The van der Waals surface area contributed by atoms with Gasteiger partial charge in [0, 0.05) is 25.2 Å². The second-order valence-electron chi connectivity index (χ2n) is 7.75. The molecule has 0 spiro atoms. The van der Waals surface area contributed by atoms with E-state index in [1.165, 1.54) is 31.5 Å². The standard InChI is InChI=1S/C23H31N3O.2ClH/c1-18-12-14-26(15-13-18)17-20-8-6-19(7-9-20)16-25-23(27)11-10-21-4-2-3-5-22(21)24;;/h2-9,18H,10-17,24H2,1H3,(H,25,27);2*1H. The molecule has 0 aliphatic carbocycles. The Balaban J connectivity index is 0.00000210. The number of nitrogens with one attached hydrogen (secondary N) is 1. The minimum atomic E-state index is 0. The van der Waals surface area contributed by atoms with Crippen molar-refractivity contribution in [2.24, 2.45) is 5.92 Å². The summed E-state index contributed by atoms with van der Waals surface area (Å²) in [5, 5.41) is 3.00. The molecule has 3 rings (SSSR count). The molecule has 0 atom stereocenters. The van der Waals surface area contributed by atoms with E-state index in [0.717, 1.165) is 29.3 Å².